The Morgan fingerprint density at radius 2 is 2.15 bits per heavy atom. The van der Waals surface area contributed by atoms with E-state index >= 15 is 0 Å². The topological polar surface area (TPSA) is 35.6 Å². The predicted octanol–water partition coefficient (Wildman–Crippen LogP) is 3.20. The Labute approximate surface area is 120 Å². The number of halogens is 2. The van der Waals surface area contributed by atoms with Crippen LogP contribution >= 0.6 is 11.6 Å². The predicted molar refractivity (Wildman–Crippen MR) is 76.7 cm³/mol. The lowest BCUT2D eigenvalue weighted by molar-refractivity contribution is 0.637. The molecule has 0 aliphatic heterocycles. The van der Waals surface area contributed by atoms with Crippen molar-refractivity contribution < 1.29 is 4.39 Å². The van der Waals surface area contributed by atoms with Crippen molar-refractivity contribution in [1.29, 1.82) is 0 Å². The lowest BCUT2D eigenvalue weighted by Gasteiger charge is -2.06. The van der Waals surface area contributed by atoms with Crippen LogP contribution in [-0.4, -0.2) is 19.3 Å². The van der Waals surface area contributed by atoms with Crippen LogP contribution in [-0.2, 0) is 19.3 Å². The zero-order chi connectivity index (χ0) is 14.3. The quantitative estimate of drug-likeness (QED) is 0.695. The van der Waals surface area contributed by atoms with Gasteiger partial charge in [0.15, 0.2) is 5.82 Å². The van der Waals surface area contributed by atoms with E-state index in [2.05, 4.69) is 10.1 Å². The standard InChI is InChI=1S/C14H14ClFN4/c1-3-10-12(8-19(2)18-10)20-11-6-4-5-9(16)14(11)17-13(20)7-15/h4-6,8H,3,7H2,1-2H3. The second-order valence-corrected chi connectivity index (χ2v) is 4.86. The monoisotopic (exact) mass is 292 g/mol. The van der Waals surface area contributed by atoms with Crippen LogP contribution in [0.4, 0.5) is 4.39 Å². The molecule has 0 spiro atoms. The fraction of sp³-hybridized carbons (Fsp3) is 0.286. The number of hydrogen-bond acceptors (Lipinski definition) is 2. The Balaban J connectivity index is 2.37. The second kappa shape index (κ2) is 4.90. The maximum atomic E-state index is 13.9. The van der Waals surface area contributed by atoms with E-state index in [1.54, 1.807) is 10.7 Å². The van der Waals surface area contributed by atoms with Gasteiger partial charge in [-0.05, 0) is 18.6 Å². The van der Waals surface area contributed by atoms with Crippen LogP contribution in [0.1, 0.15) is 18.4 Å². The van der Waals surface area contributed by atoms with Gasteiger partial charge in [-0.25, -0.2) is 9.37 Å². The summed E-state index contributed by atoms with van der Waals surface area (Å²) < 4.78 is 17.5. The van der Waals surface area contributed by atoms with Crippen LogP contribution < -0.4 is 0 Å². The molecule has 2 heterocycles. The van der Waals surface area contributed by atoms with E-state index in [4.69, 9.17) is 11.6 Å². The van der Waals surface area contributed by atoms with E-state index in [-0.39, 0.29) is 11.7 Å². The first-order valence-electron chi connectivity index (χ1n) is 6.40. The molecule has 0 bridgehead atoms. The third-order valence-electron chi connectivity index (χ3n) is 3.28. The van der Waals surface area contributed by atoms with Crippen molar-refractivity contribution in [3.63, 3.8) is 0 Å². The number of fused-ring (bicyclic) bond motifs is 1. The Morgan fingerprint density at radius 1 is 1.35 bits per heavy atom. The van der Waals surface area contributed by atoms with E-state index in [1.165, 1.54) is 6.07 Å². The fourth-order valence-corrected chi connectivity index (χ4v) is 2.61. The summed E-state index contributed by atoms with van der Waals surface area (Å²) >= 11 is 5.98. The van der Waals surface area contributed by atoms with Crippen molar-refractivity contribution in [2.24, 2.45) is 7.05 Å². The van der Waals surface area contributed by atoms with E-state index in [1.807, 2.05) is 30.8 Å². The highest BCUT2D eigenvalue weighted by atomic mass is 35.5. The molecule has 3 rings (SSSR count). The molecule has 0 fully saturated rings. The molecule has 3 aromatic rings. The minimum Gasteiger partial charge on any atom is -0.292 e. The molecular formula is C14H14ClFN4. The van der Waals surface area contributed by atoms with Gasteiger partial charge in [0.25, 0.3) is 0 Å². The average Bonchev–Trinajstić information content (AvgIpc) is 2.99. The van der Waals surface area contributed by atoms with Gasteiger partial charge in [0.1, 0.15) is 11.3 Å². The second-order valence-electron chi connectivity index (χ2n) is 4.59. The SMILES string of the molecule is CCc1nn(C)cc1-n1c(CCl)nc2c(F)cccc21. The molecule has 104 valence electrons. The summed E-state index contributed by atoms with van der Waals surface area (Å²) in [5, 5.41) is 4.42. The zero-order valence-electron chi connectivity index (χ0n) is 11.3. The molecular weight excluding hydrogens is 279 g/mol. The van der Waals surface area contributed by atoms with Crippen molar-refractivity contribution in [3.05, 3.63) is 41.7 Å². The first kappa shape index (κ1) is 13.1. The molecule has 0 atom stereocenters. The number of rotatable bonds is 3. The smallest absolute Gasteiger partial charge is 0.151 e. The minimum absolute atomic E-state index is 0.214. The number of nitrogens with zero attached hydrogens (tertiary/aromatic N) is 4. The number of hydrogen-bond donors (Lipinski definition) is 0. The molecule has 4 nitrogen and oxygen atoms in total. The lowest BCUT2D eigenvalue weighted by Crippen LogP contribution is -2.01. The largest absolute Gasteiger partial charge is 0.292 e. The first-order chi connectivity index (χ1) is 9.65. The van der Waals surface area contributed by atoms with Gasteiger partial charge < -0.3 is 0 Å². The molecule has 0 saturated heterocycles. The van der Waals surface area contributed by atoms with Crippen LogP contribution in [0.25, 0.3) is 16.7 Å². The van der Waals surface area contributed by atoms with Gasteiger partial charge in [0.2, 0.25) is 0 Å². The van der Waals surface area contributed by atoms with Crippen molar-refractivity contribution in [2.75, 3.05) is 0 Å². The van der Waals surface area contributed by atoms with Crippen LogP contribution in [0, 0.1) is 5.82 Å². The zero-order valence-corrected chi connectivity index (χ0v) is 12.0. The van der Waals surface area contributed by atoms with E-state index in [0.29, 0.717) is 16.9 Å². The Hall–Kier alpha value is -1.88. The summed E-state index contributed by atoms with van der Waals surface area (Å²) in [4.78, 5) is 4.31. The molecule has 6 heteroatoms. The summed E-state index contributed by atoms with van der Waals surface area (Å²) in [5.74, 6) is 0.496. The average molecular weight is 293 g/mol. The molecule has 1 aromatic carbocycles. The van der Waals surface area contributed by atoms with Crippen molar-refractivity contribution >= 4 is 22.6 Å². The molecule has 2 aromatic heterocycles. The van der Waals surface area contributed by atoms with Crippen molar-refractivity contribution in [1.82, 2.24) is 19.3 Å². The molecule has 0 amide bonds. The van der Waals surface area contributed by atoms with Crippen molar-refractivity contribution in [2.45, 2.75) is 19.2 Å². The molecule has 0 radical (unpaired) electrons. The third-order valence-corrected chi connectivity index (χ3v) is 3.52. The maximum absolute atomic E-state index is 13.9. The number of aryl methyl sites for hydroxylation is 2. The highest BCUT2D eigenvalue weighted by Crippen LogP contribution is 2.26. The van der Waals surface area contributed by atoms with Gasteiger partial charge in [-0.1, -0.05) is 13.0 Å². The van der Waals surface area contributed by atoms with Gasteiger partial charge in [-0.15, -0.1) is 11.6 Å². The van der Waals surface area contributed by atoms with E-state index in [0.717, 1.165) is 17.8 Å². The maximum Gasteiger partial charge on any atom is 0.151 e. The van der Waals surface area contributed by atoms with Crippen LogP contribution in [0.2, 0.25) is 0 Å². The highest BCUT2D eigenvalue weighted by molar-refractivity contribution is 6.17. The van der Waals surface area contributed by atoms with Gasteiger partial charge >= 0.3 is 0 Å². The molecule has 0 N–H and O–H groups in total. The summed E-state index contributed by atoms with van der Waals surface area (Å²) in [5.41, 5.74) is 2.89. The van der Waals surface area contributed by atoms with Gasteiger partial charge in [0, 0.05) is 13.2 Å². The van der Waals surface area contributed by atoms with Crippen LogP contribution in [0.15, 0.2) is 24.4 Å². The van der Waals surface area contributed by atoms with Gasteiger partial charge in [-0.2, -0.15) is 5.10 Å². The molecule has 20 heavy (non-hydrogen) atoms. The van der Waals surface area contributed by atoms with Crippen LogP contribution in [0.3, 0.4) is 0 Å². The first-order valence-corrected chi connectivity index (χ1v) is 6.93. The molecule has 0 unspecified atom stereocenters. The summed E-state index contributed by atoms with van der Waals surface area (Å²) in [6.45, 7) is 2.03. The Bertz CT molecular complexity index is 775. The summed E-state index contributed by atoms with van der Waals surface area (Å²) in [6.07, 6.45) is 2.69. The summed E-state index contributed by atoms with van der Waals surface area (Å²) in [7, 11) is 1.86. The van der Waals surface area contributed by atoms with E-state index < -0.39 is 0 Å². The number of benzene rings is 1. The number of imidazole rings is 1. The fourth-order valence-electron chi connectivity index (χ4n) is 2.43. The van der Waals surface area contributed by atoms with E-state index in [9.17, 15) is 4.39 Å². The van der Waals surface area contributed by atoms with Gasteiger partial charge in [0.05, 0.1) is 22.8 Å². The molecule has 0 saturated carbocycles. The summed E-state index contributed by atoms with van der Waals surface area (Å²) in [6, 6.07) is 4.92. The number of alkyl halides is 1. The Kier molecular flexibility index (Phi) is 3.22. The normalized spacial score (nSPS) is 11.4. The third kappa shape index (κ3) is 1.89. The minimum atomic E-state index is -0.338. The molecule has 0 aliphatic rings. The van der Waals surface area contributed by atoms with Gasteiger partial charge in [-0.3, -0.25) is 9.25 Å². The van der Waals surface area contributed by atoms with Crippen molar-refractivity contribution in [3.8, 4) is 5.69 Å². The molecule has 0 aliphatic carbocycles. The number of para-hydroxylation sites is 1. The van der Waals surface area contributed by atoms with Crippen LogP contribution in [0.5, 0.6) is 0 Å². The number of aromatic nitrogens is 4. The Morgan fingerprint density at radius 3 is 2.85 bits per heavy atom. The highest BCUT2D eigenvalue weighted by Gasteiger charge is 2.18. The lowest BCUT2D eigenvalue weighted by atomic mass is 10.2.